The van der Waals surface area contributed by atoms with Gasteiger partial charge in [-0.05, 0) is 66.8 Å². The molecular weight excluding hydrogens is 602 g/mol. The van der Waals surface area contributed by atoms with E-state index in [9.17, 15) is 14.4 Å². The molecule has 3 aromatic carbocycles. The van der Waals surface area contributed by atoms with Crippen LogP contribution >= 0.6 is 11.3 Å². The average molecular weight is 640 g/mol. The molecule has 1 fully saturated rings. The van der Waals surface area contributed by atoms with Crippen molar-refractivity contribution in [3.63, 3.8) is 0 Å². The van der Waals surface area contributed by atoms with Gasteiger partial charge in [0.25, 0.3) is 11.5 Å². The van der Waals surface area contributed by atoms with Gasteiger partial charge in [0.05, 0.1) is 29.5 Å². The van der Waals surface area contributed by atoms with Crippen molar-refractivity contribution in [1.82, 2.24) is 9.47 Å². The number of allylic oxidation sites excluding steroid dienone is 1. The number of hydrogen-bond acceptors (Lipinski definition) is 8. The second-order valence-electron chi connectivity index (χ2n) is 11.3. The van der Waals surface area contributed by atoms with Crippen molar-refractivity contribution in [2.45, 2.75) is 45.6 Å². The normalized spacial score (nSPS) is 16.4. The molecule has 0 bridgehead atoms. The lowest BCUT2D eigenvalue weighted by molar-refractivity contribution is -0.139. The summed E-state index contributed by atoms with van der Waals surface area (Å²) in [7, 11) is 1.59. The van der Waals surface area contributed by atoms with Crippen LogP contribution in [0.25, 0.3) is 16.8 Å². The second-order valence-corrected chi connectivity index (χ2v) is 12.3. The van der Waals surface area contributed by atoms with Gasteiger partial charge in [0.1, 0.15) is 17.5 Å². The van der Waals surface area contributed by atoms with Crippen molar-refractivity contribution in [2.75, 3.05) is 33.4 Å². The number of thiazole rings is 1. The van der Waals surface area contributed by atoms with Gasteiger partial charge in [0, 0.05) is 18.7 Å². The first kappa shape index (κ1) is 31.3. The lowest BCUT2D eigenvalue weighted by Crippen LogP contribution is -2.40. The monoisotopic (exact) mass is 639 g/mol. The molecule has 2 aliphatic rings. The minimum atomic E-state index is -0.802. The topological polar surface area (TPSA) is 99.4 Å². The fraction of sp³-hybridized carbons (Fsp3) is 0.333. The lowest BCUT2D eigenvalue weighted by atomic mass is 9.90. The Balaban J connectivity index is 1.45. The van der Waals surface area contributed by atoms with E-state index in [1.807, 2.05) is 66.4 Å². The molecule has 1 atom stereocenters. The molecule has 9 nitrogen and oxygen atoms in total. The molecule has 0 aliphatic carbocycles. The number of aromatic nitrogens is 1. The Morgan fingerprint density at radius 2 is 1.78 bits per heavy atom. The summed E-state index contributed by atoms with van der Waals surface area (Å²) in [5, 5.41) is 1.84. The number of esters is 1. The molecule has 0 unspecified atom stereocenters. The highest BCUT2D eigenvalue weighted by molar-refractivity contribution is 7.07. The molecule has 4 aromatic rings. The zero-order valence-electron chi connectivity index (χ0n) is 26.3. The Labute approximate surface area is 271 Å². The van der Waals surface area contributed by atoms with E-state index in [4.69, 9.17) is 19.2 Å². The molecule has 1 saturated heterocycles. The third-order valence-electron chi connectivity index (χ3n) is 8.32. The number of hydrogen-bond donors (Lipinski definition) is 0. The average Bonchev–Trinajstić information content (AvgIpc) is 3.72. The summed E-state index contributed by atoms with van der Waals surface area (Å²) in [6.45, 7) is 5.56. The Bertz CT molecular complexity index is 1990. The highest BCUT2D eigenvalue weighted by Crippen LogP contribution is 2.41. The summed E-state index contributed by atoms with van der Waals surface area (Å²) in [6, 6.07) is 18.2. The summed E-state index contributed by atoms with van der Waals surface area (Å²) in [4.78, 5) is 47.6. The van der Waals surface area contributed by atoms with Crippen LogP contribution in [0.15, 0.2) is 81.7 Å². The third-order valence-corrected chi connectivity index (χ3v) is 9.30. The molecule has 1 aromatic heterocycles. The van der Waals surface area contributed by atoms with Gasteiger partial charge in [0.2, 0.25) is 0 Å². The smallest absolute Gasteiger partial charge is 0.338 e. The predicted octanol–water partition coefficient (Wildman–Crippen LogP) is 4.74. The quantitative estimate of drug-likeness (QED) is 0.233. The molecule has 46 heavy (non-hydrogen) atoms. The first-order chi connectivity index (χ1) is 22.4. The maximum atomic E-state index is 14.3. The first-order valence-electron chi connectivity index (χ1n) is 15.7. The van der Waals surface area contributed by atoms with Crippen LogP contribution in [-0.4, -0.2) is 54.8 Å². The molecule has 3 heterocycles. The predicted molar refractivity (Wildman–Crippen MR) is 178 cm³/mol. The summed E-state index contributed by atoms with van der Waals surface area (Å²) in [5.41, 5.74) is 2.20. The molecule has 0 spiro atoms. The van der Waals surface area contributed by atoms with Gasteiger partial charge in [-0.25, -0.2) is 9.79 Å². The van der Waals surface area contributed by atoms with Gasteiger partial charge in [-0.3, -0.25) is 14.2 Å². The van der Waals surface area contributed by atoms with Crippen molar-refractivity contribution < 1.29 is 23.8 Å². The third kappa shape index (κ3) is 6.09. The highest BCUT2D eigenvalue weighted by Gasteiger charge is 2.37. The number of carbonyl (C=O) groups excluding carboxylic acids is 2. The molecule has 0 saturated carbocycles. The van der Waals surface area contributed by atoms with Crippen LogP contribution in [0.1, 0.15) is 56.7 Å². The summed E-state index contributed by atoms with van der Waals surface area (Å²) >= 11 is 1.28. The molecule has 1 amide bonds. The van der Waals surface area contributed by atoms with Crippen molar-refractivity contribution >= 4 is 40.1 Å². The van der Waals surface area contributed by atoms with E-state index in [2.05, 4.69) is 0 Å². The second kappa shape index (κ2) is 13.7. The zero-order valence-corrected chi connectivity index (χ0v) is 27.1. The molecule has 6 rings (SSSR count). The fourth-order valence-corrected chi connectivity index (χ4v) is 7.16. The van der Waals surface area contributed by atoms with Gasteiger partial charge in [-0.2, -0.15) is 0 Å². The molecule has 0 radical (unpaired) electrons. The summed E-state index contributed by atoms with van der Waals surface area (Å²) < 4.78 is 19.3. The van der Waals surface area contributed by atoms with E-state index in [-0.39, 0.29) is 24.7 Å². The number of likely N-dealkylation sites (tertiary alicyclic amines) is 1. The SMILES string of the molecule is CCCC1=C(C(=O)OCC)[C@H](c2c(OC)ccc3ccccc23)n2c(s/c(=C/c3ccc(OCC(=O)N4CCCC4)cc3)c2=O)=N1. The number of fused-ring (bicyclic) bond motifs is 2. The van der Waals surface area contributed by atoms with Crippen molar-refractivity contribution in [1.29, 1.82) is 0 Å². The van der Waals surface area contributed by atoms with E-state index in [0.717, 1.165) is 48.7 Å². The number of rotatable bonds is 10. The van der Waals surface area contributed by atoms with Crippen LogP contribution in [0.4, 0.5) is 0 Å². The van der Waals surface area contributed by atoms with Gasteiger partial charge in [0.15, 0.2) is 11.4 Å². The summed E-state index contributed by atoms with van der Waals surface area (Å²) in [5.74, 6) is 0.640. The van der Waals surface area contributed by atoms with Crippen molar-refractivity contribution in [3.05, 3.63) is 103 Å². The van der Waals surface area contributed by atoms with Crippen LogP contribution in [0.3, 0.4) is 0 Å². The molecule has 10 heteroatoms. The maximum Gasteiger partial charge on any atom is 0.338 e. The van der Waals surface area contributed by atoms with Gasteiger partial charge < -0.3 is 19.1 Å². The fourth-order valence-electron chi connectivity index (χ4n) is 6.14. The molecule has 0 N–H and O–H groups in total. The zero-order chi connectivity index (χ0) is 32.2. The van der Waals surface area contributed by atoms with E-state index < -0.39 is 12.0 Å². The molecule has 2 aliphatic heterocycles. The van der Waals surface area contributed by atoms with Crippen molar-refractivity contribution in [3.8, 4) is 11.5 Å². The van der Waals surface area contributed by atoms with E-state index in [0.29, 0.717) is 44.1 Å². The first-order valence-corrected chi connectivity index (χ1v) is 16.5. The number of benzene rings is 3. The standard InChI is InChI=1S/C36H37N3O6S/c1-4-10-27-32(35(42)44-5-2)33(31-26-12-7-6-11-24(26)15-18-28(31)43-3)39-34(41)29(46-36(39)37-27)21-23-13-16-25(17-14-23)45-22-30(40)38-19-8-9-20-38/h6-7,11-18,21,33H,4-5,8-10,19-20,22H2,1-3H3/b29-21+/t33-/m0/s1. The Morgan fingerprint density at radius 3 is 2.50 bits per heavy atom. The number of amides is 1. The van der Waals surface area contributed by atoms with Gasteiger partial charge >= 0.3 is 5.97 Å². The van der Waals surface area contributed by atoms with Crippen LogP contribution in [-0.2, 0) is 14.3 Å². The maximum absolute atomic E-state index is 14.3. The van der Waals surface area contributed by atoms with Crippen LogP contribution < -0.4 is 24.4 Å². The van der Waals surface area contributed by atoms with E-state index in [1.54, 1.807) is 30.7 Å². The van der Waals surface area contributed by atoms with Crippen molar-refractivity contribution in [2.24, 2.45) is 4.99 Å². The van der Waals surface area contributed by atoms with E-state index in [1.165, 1.54) is 11.3 Å². The Hall–Kier alpha value is -4.70. The largest absolute Gasteiger partial charge is 0.496 e. The minimum Gasteiger partial charge on any atom is -0.496 e. The highest BCUT2D eigenvalue weighted by atomic mass is 32.1. The van der Waals surface area contributed by atoms with Gasteiger partial charge in [-0.15, -0.1) is 0 Å². The van der Waals surface area contributed by atoms with Crippen LogP contribution in [0.5, 0.6) is 11.5 Å². The number of nitrogens with zero attached hydrogens (tertiary/aromatic N) is 3. The lowest BCUT2D eigenvalue weighted by Gasteiger charge is -2.28. The van der Waals surface area contributed by atoms with Crippen LogP contribution in [0, 0.1) is 0 Å². The molecule has 238 valence electrons. The molecular formula is C36H37N3O6S. The van der Waals surface area contributed by atoms with Crippen LogP contribution in [0.2, 0.25) is 0 Å². The summed E-state index contributed by atoms with van der Waals surface area (Å²) in [6.07, 6.45) is 5.18. The van der Waals surface area contributed by atoms with Gasteiger partial charge in [-0.1, -0.05) is 67.1 Å². The number of carbonyl (C=O) groups is 2. The van der Waals surface area contributed by atoms with E-state index >= 15 is 0 Å². The Morgan fingerprint density at radius 1 is 1.02 bits per heavy atom. The minimum absolute atomic E-state index is 0.00152. The Kier molecular flexibility index (Phi) is 9.35. The number of ether oxygens (including phenoxy) is 3. The number of methoxy groups -OCH3 is 1.